The van der Waals surface area contributed by atoms with Crippen LogP contribution in [0.5, 0.6) is 0 Å². The van der Waals surface area contributed by atoms with Gasteiger partial charge >= 0.3 is 0 Å². The second kappa shape index (κ2) is 7.65. The molecule has 1 aliphatic heterocycles. The van der Waals surface area contributed by atoms with Gasteiger partial charge in [0.05, 0.1) is 5.75 Å². The Labute approximate surface area is 136 Å². The molecule has 0 unspecified atom stereocenters. The maximum Gasteiger partial charge on any atom is 0.211 e. The maximum atomic E-state index is 13.5. The zero-order valence-electron chi connectivity index (χ0n) is 13.4. The number of rotatable bonds is 7. The van der Waals surface area contributed by atoms with E-state index < -0.39 is 21.7 Å². The molecule has 8 heteroatoms. The van der Waals surface area contributed by atoms with Crippen LogP contribution in [0.2, 0.25) is 0 Å². The van der Waals surface area contributed by atoms with E-state index in [0.29, 0.717) is 13.1 Å². The number of nitrogens with zero attached hydrogens (tertiary/aromatic N) is 1. The summed E-state index contributed by atoms with van der Waals surface area (Å²) >= 11 is 0. The first-order chi connectivity index (χ1) is 10.8. The first kappa shape index (κ1) is 18.3. The lowest BCUT2D eigenvalue weighted by Gasteiger charge is -2.26. The summed E-state index contributed by atoms with van der Waals surface area (Å²) in [4.78, 5) is 2.08. The molecule has 1 aromatic rings. The van der Waals surface area contributed by atoms with E-state index in [-0.39, 0.29) is 17.8 Å². The average molecular weight is 347 g/mol. The van der Waals surface area contributed by atoms with Crippen molar-refractivity contribution in [3.05, 3.63) is 35.4 Å². The van der Waals surface area contributed by atoms with Gasteiger partial charge in [-0.15, -0.1) is 0 Å². The van der Waals surface area contributed by atoms with Gasteiger partial charge in [0, 0.05) is 31.7 Å². The van der Waals surface area contributed by atoms with Crippen LogP contribution in [0.4, 0.5) is 8.78 Å². The van der Waals surface area contributed by atoms with Crippen molar-refractivity contribution in [2.24, 2.45) is 0 Å². The number of hydrogen-bond donors (Lipinski definition) is 2. The van der Waals surface area contributed by atoms with Crippen molar-refractivity contribution in [3.8, 4) is 0 Å². The highest BCUT2D eigenvalue weighted by atomic mass is 32.2. The van der Waals surface area contributed by atoms with Crippen LogP contribution in [0.15, 0.2) is 18.2 Å². The van der Waals surface area contributed by atoms with Gasteiger partial charge in [-0.05, 0) is 38.1 Å². The van der Waals surface area contributed by atoms with E-state index in [1.54, 1.807) is 13.0 Å². The first-order valence-electron chi connectivity index (χ1n) is 7.70. The smallest absolute Gasteiger partial charge is 0.211 e. The van der Waals surface area contributed by atoms with E-state index in [0.717, 1.165) is 24.6 Å². The molecule has 0 radical (unpaired) electrons. The maximum absolute atomic E-state index is 13.5. The number of likely N-dealkylation sites (N-methyl/N-ethyl adjacent to an activating group) is 1. The van der Waals surface area contributed by atoms with Crippen molar-refractivity contribution in [3.63, 3.8) is 0 Å². The molecule has 0 aliphatic carbocycles. The molecule has 0 spiro atoms. The van der Waals surface area contributed by atoms with Crippen molar-refractivity contribution in [1.29, 1.82) is 0 Å². The van der Waals surface area contributed by atoms with Crippen LogP contribution in [-0.2, 0) is 10.0 Å². The number of sulfonamides is 1. The molecule has 1 saturated heterocycles. The van der Waals surface area contributed by atoms with Crippen LogP contribution >= 0.6 is 0 Å². The van der Waals surface area contributed by atoms with Crippen LogP contribution in [0.3, 0.4) is 0 Å². The molecular weight excluding hydrogens is 324 g/mol. The zero-order valence-corrected chi connectivity index (χ0v) is 14.2. The molecule has 5 nitrogen and oxygen atoms in total. The minimum Gasteiger partial charge on any atom is -0.311 e. The zero-order chi connectivity index (χ0) is 17.0. The van der Waals surface area contributed by atoms with Crippen molar-refractivity contribution in [1.82, 2.24) is 14.9 Å². The van der Waals surface area contributed by atoms with Crippen molar-refractivity contribution in [2.75, 3.05) is 32.4 Å². The minimum atomic E-state index is -3.19. The fraction of sp³-hybridized carbons (Fsp3) is 0.600. The van der Waals surface area contributed by atoms with Gasteiger partial charge in [0.1, 0.15) is 0 Å². The predicted octanol–water partition coefficient (Wildman–Crippen LogP) is 1.24. The summed E-state index contributed by atoms with van der Waals surface area (Å²) < 4.78 is 51.8. The standard InChI is InChI=1S/C15H23F2N3O2S/c1-3-23(21,22)19-8-7-18-14-6-9-20(2)15(14)11-4-5-12(16)13(17)10-11/h4-5,10,14-15,18-19H,3,6-9H2,1-2H3/t14-,15+/m0/s1. The number of likely N-dealkylation sites (tertiary alicyclic amines) is 1. The number of benzene rings is 1. The molecule has 0 saturated carbocycles. The third kappa shape index (κ3) is 4.69. The lowest BCUT2D eigenvalue weighted by Crippen LogP contribution is -2.40. The van der Waals surface area contributed by atoms with Gasteiger partial charge in [-0.3, -0.25) is 4.90 Å². The Kier molecular flexibility index (Phi) is 6.07. The molecule has 1 aromatic carbocycles. The van der Waals surface area contributed by atoms with Gasteiger partial charge in [-0.25, -0.2) is 21.9 Å². The Balaban J connectivity index is 1.97. The Hall–Kier alpha value is -1.09. The average Bonchev–Trinajstić information content (AvgIpc) is 2.87. The van der Waals surface area contributed by atoms with Gasteiger partial charge < -0.3 is 5.32 Å². The van der Waals surface area contributed by atoms with E-state index in [1.165, 1.54) is 6.07 Å². The fourth-order valence-electron chi connectivity index (χ4n) is 2.91. The molecule has 0 amide bonds. The SMILES string of the molecule is CCS(=O)(=O)NCCN[C@H]1CCN(C)[C@@H]1c1ccc(F)c(F)c1. The Morgan fingerprint density at radius 3 is 2.65 bits per heavy atom. The Bertz CT molecular complexity index is 640. The lowest BCUT2D eigenvalue weighted by atomic mass is 10.00. The molecule has 0 bridgehead atoms. The largest absolute Gasteiger partial charge is 0.311 e. The third-order valence-corrected chi connectivity index (χ3v) is 5.57. The summed E-state index contributed by atoms with van der Waals surface area (Å²) in [6, 6.07) is 3.97. The molecule has 2 N–H and O–H groups in total. The van der Waals surface area contributed by atoms with Crippen LogP contribution in [0.25, 0.3) is 0 Å². The highest BCUT2D eigenvalue weighted by Crippen LogP contribution is 2.31. The normalized spacial score (nSPS) is 22.6. The second-order valence-electron chi connectivity index (χ2n) is 5.75. The molecule has 1 fully saturated rings. The molecule has 23 heavy (non-hydrogen) atoms. The summed E-state index contributed by atoms with van der Waals surface area (Å²) in [5.74, 6) is -1.65. The van der Waals surface area contributed by atoms with E-state index in [2.05, 4.69) is 14.9 Å². The molecule has 1 aliphatic rings. The monoisotopic (exact) mass is 347 g/mol. The summed E-state index contributed by atoms with van der Waals surface area (Å²) in [5, 5.41) is 3.31. The van der Waals surface area contributed by atoms with Gasteiger partial charge in [-0.1, -0.05) is 6.07 Å². The third-order valence-electron chi connectivity index (χ3n) is 4.17. The summed E-state index contributed by atoms with van der Waals surface area (Å²) in [5.41, 5.74) is 0.718. The van der Waals surface area contributed by atoms with E-state index in [4.69, 9.17) is 0 Å². The number of nitrogens with one attached hydrogen (secondary N) is 2. The van der Waals surface area contributed by atoms with Gasteiger partial charge in [0.15, 0.2) is 11.6 Å². The van der Waals surface area contributed by atoms with Crippen molar-refractivity contribution >= 4 is 10.0 Å². The van der Waals surface area contributed by atoms with Gasteiger partial charge in [-0.2, -0.15) is 0 Å². The van der Waals surface area contributed by atoms with Crippen molar-refractivity contribution < 1.29 is 17.2 Å². The number of hydrogen-bond acceptors (Lipinski definition) is 4. The summed E-state index contributed by atoms with van der Waals surface area (Å²) in [7, 11) is -1.26. The van der Waals surface area contributed by atoms with Gasteiger partial charge in [0.25, 0.3) is 0 Å². The van der Waals surface area contributed by atoms with Crippen LogP contribution in [-0.4, -0.2) is 51.8 Å². The van der Waals surface area contributed by atoms with Crippen LogP contribution in [0, 0.1) is 11.6 Å². The first-order valence-corrected chi connectivity index (χ1v) is 9.35. The molecule has 2 atom stereocenters. The van der Waals surface area contributed by atoms with E-state index in [1.807, 2.05) is 7.05 Å². The number of halogens is 2. The highest BCUT2D eigenvalue weighted by molar-refractivity contribution is 7.89. The highest BCUT2D eigenvalue weighted by Gasteiger charge is 2.33. The summed E-state index contributed by atoms with van der Waals surface area (Å²) in [6.45, 7) is 3.21. The molecular formula is C15H23F2N3O2S. The molecule has 130 valence electrons. The topological polar surface area (TPSA) is 61.4 Å². The van der Waals surface area contributed by atoms with E-state index >= 15 is 0 Å². The Morgan fingerprint density at radius 1 is 1.26 bits per heavy atom. The fourth-order valence-corrected chi connectivity index (χ4v) is 3.53. The Morgan fingerprint density at radius 2 is 2.00 bits per heavy atom. The summed E-state index contributed by atoms with van der Waals surface area (Å²) in [6.07, 6.45) is 0.862. The minimum absolute atomic E-state index is 0.0522. The second-order valence-corrected chi connectivity index (χ2v) is 7.84. The molecule has 2 rings (SSSR count). The van der Waals surface area contributed by atoms with Crippen molar-refractivity contribution in [2.45, 2.75) is 25.4 Å². The predicted molar refractivity (Wildman–Crippen MR) is 85.6 cm³/mol. The van der Waals surface area contributed by atoms with Gasteiger partial charge in [0.2, 0.25) is 10.0 Å². The van der Waals surface area contributed by atoms with Crippen LogP contribution in [0.1, 0.15) is 24.9 Å². The van der Waals surface area contributed by atoms with E-state index in [9.17, 15) is 17.2 Å². The molecule has 1 heterocycles. The molecule has 0 aromatic heterocycles. The lowest BCUT2D eigenvalue weighted by molar-refractivity contribution is 0.286. The quantitative estimate of drug-likeness (QED) is 0.729. The van der Waals surface area contributed by atoms with Crippen LogP contribution < -0.4 is 10.0 Å².